The van der Waals surface area contributed by atoms with Crippen molar-refractivity contribution < 1.29 is 22.8 Å². The summed E-state index contributed by atoms with van der Waals surface area (Å²) in [6.07, 6.45) is 1.41. The first-order valence-electron chi connectivity index (χ1n) is 16.2. The Morgan fingerprint density at radius 1 is 0.896 bits per heavy atom. The topological polar surface area (TPSA) is 102 Å². The van der Waals surface area contributed by atoms with E-state index in [0.29, 0.717) is 43.3 Å². The number of nitrogens with zero attached hydrogens (tertiary/aromatic N) is 4. The maximum atomic E-state index is 13.1. The lowest BCUT2D eigenvalue weighted by molar-refractivity contribution is -0.137. The van der Waals surface area contributed by atoms with E-state index in [1.165, 1.54) is 25.0 Å². The molecule has 0 unspecified atom stereocenters. The van der Waals surface area contributed by atoms with Crippen LogP contribution in [-0.2, 0) is 19.1 Å². The number of carbonyl (C=O) groups is 2. The minimum atomic E-state index is -4.53. The molecule has 250 valence electrons. The van der Waals surface area contributed by atoms with Crippen LogP contribution in [-0.4, -0.2) is 59.4 Å². The van der Waals surface area contributed by atoms with Crippen LogP contribution in [0.4, 0.5) is 36.2 Å². The number of aryl methyl sites for hydroxylation is 1. The third kappa shape index (κ3) is 8.11. The van der Waals surface area contributed by atoms with E-state index in [4.69, 9.17) is 4.98 Å². The highest BCUT2D eigenvalue weighted by atomic mass is 19.4. The SMILES string of the molecule is Cc1ccc(NC(=O)c2cccc(C(F)(F)F)c2)cc1N1CCc2nc(Nc3ccc(C(=O)NCCCN4CCCC4)cc3)ncc2C1. The number of nitrogens with one attached hydrogen (secondary N) is 3. The van der Waals surface area contributed by atoms with Crippen molar-refractivity contribution in [2.24, 2.45) is 0 Å². The van der Waals surface area contributed by atoms with Crippen molar-refractivity contribution in [2.75, 3.05) is 48.3 Å². The molecule has 3 N–H and O–H groups in total. The Kier molecular flexibility index (Phi) is 9.90. The number of aromatic nitrogens is 2. The number of fused-ring (bicyclic) bond motifs is 1. The molecule has 6 rings (SSSR count). The molecule has 2 aliphatic heterocycles. The number of benzene rings is 3. The number of hydrogen-bond donors (Lipinski definition) is 3. The number of carbonyl (C=O) groups excluding carboxylic acids is 2. The van der Waals surface area contributed by atoms with Gasteiger partial charge in [0.2, 0.25) is 5.95 Å². The van der Waals surface area contributed by atoms with Crippen molar-refractivity contribution >= 4 is 34.8 Å². The summed E-state index contributed by atoms with van der Waals surface area (Å²) in [6.45, 7) is 7.19. The van der Waals surface area contributed by atoms with Crippen molar-refractivity contribution in [1.29, 1.82) is 0 Å². The standard InChI is InChI=1S/C36H38F3N7O2/c1-24-8-11-30(42-34(48)26-6-4-7-28(20-26)36(37,38)39)21-32(24)46-19-14-31-27(23-46)22-41-35(44-31)43-29-12-9-25(10-13-29)33(47)40-15-5-18-45-16-2-3-17-45/h4,6-13,20-22H,2-3,5,14-19,23H2,1H3,(H,40,47)(H,42,48)(H,41,43,44). The van der Waals surface area contributed by atoms with Gasteiger partial charge in [0.15, 0.2) is 0 Å². The highest BCUT2D eigenvalue weighted by Gasteiger charge is 2.31. The van der Waals surface area contributed by atoms with E-state index < -0.39 is 17.6 Å². The molecule has 0 aliphatic carbocycles. The highest BCUT2D eigenvalue weighted by Crippen LogP contribution is 2.31. The van der Waals surface area contributed by atoms with Crippen LogP contribution in [0.1, 0.15) is 62.4 Å². The van der Waals surface area contributed by atoms with Gasteiger partial charge in [0, 0.05) is 66.0 Å². The number of alkyl halides is 3. The van der Waals surface area contributed by atoms with E-state index in [1.54, 1.807) is 24.4 Å². The van der Waals surface area contributed by atoms with Crippen molar-refractivity contribution in [3.05, 3.63) is 106 Å². The van der Waals surface area contributed by atoms with Gasteiger partial charge in [-0.3, -0.25) is 9.59 Å². The fourth-order valence-electron chi connectivity index (χ4n) is 6.10. The van der Waals surface area contributed by atoms with E-state index >= 15 is 0 Å². The fourth-order valence-corrected chi connectivity index (χ4v) is 6.10. The van der Waals surface area contributed by atoms with E-state index in [-0.39, 0.29) is 11.5 Å². The first kappa shape index (κ1) is 33.0. The van der Waals surface area contributed by atoms with E-state index in [2.05, 4.69) is 30.7 Å². The zero-order valence-corrected chi connectivity index (χ0v) is 26.7. The van der Waals surface area contributed by atoms with Gasteiger partial charge in [-0.15, -0.1) is 0 Å². The van der Waals surface area contributed by atoms with Gasteiger partial charge in [0.25, 0.3) is 11.8 Å². The van der Waals surface area contributed by atoms with E-state index in [1.807, 2.05) is 31.2 Å². The Morgan fingerprint density at radius 2 is 1.67 bits per heavy atom. The highest BCUT2D eigenvalue weighted by molar-refractivity contribution is 6.04. The number of hydrogen-bond acceptors (Lipinski definition) is 7. The Morgan fingerprint density at radius 3 is 2.44 bits per heavy atom. The zero-order chi connectivity index (χ0) is 33.7. The second kappa shape index (κ2) is 14.4. The molecule has 48 heavy (non-hydrogen) atoms. The molecule has 9 nitrogen and oxygen atoms in total. The summed E-state index contributed by atoms with van der Waals surface area (Å²) in [6, 6.07) is 17.1. The molecular formula is C36H38F3N7O2. The van der Waals surface area contributed by atoms with Gasteiger partial charge in [-0.1, -0.05) is 12.1 Å². The van der Waals surface area contributed by atoms with Gasteiger partial charge in [-0.2, -0.15) is 13.2 Å². The number of rotatable bonds is 10. The molecule has 1 aromatic heterocycles. The van der Waals surface area contributed by atoms with Gasteiger partial charge >= 0.3 is 6.18 Å². The van der Waals surface area contributed by atoms with Crippen LogP contribution in [0.2, 0.25) is 0 Å². The minimum absolute atomic E-state index is 0.0690. The normalized spacial score (nSPS) is 14.8. The molecule has 0 radical (unpaired) electrons. The van der Waals surface area contributed by atoms with Crippen molar-refractivity contribution in [3.8, 4) is 0 Å². The Balaban J connectivity index is 1.04. The molecule has 4 aromatic rings. The van der Waals surface area contributed by atoms with Crippen LogP contribution in [0.15, 0.2) is 72.9 Å². The van der Waals surface area contributed by atoms with Crippen LogP contribution in [0, 0.1) is 6.92 Å². The molecular weight excluding hydrogens is 619 g/mol. The molecule has 0 atom stereocenters. The summed E-state index contributed by atoms with van der Waals surface area (Å²) in [4.78, 5) is 39.2. The largest absolute Gasteiger partial charge is 0.416 e. The average Bonchev–Trinajstić information content (AvgIpc) is 3.61. The predicted octanol–water partition coefficient (Wildman–Crippen LogP) is 6.58. The number of likely N-dealkylation sites (tertiary alicyclic amines) is 1. The van der Waals surface area contributed by atoms with Crippen LogP contribution in [0.25, 0.3) is 0 Å². The molecule has 1 saturated heterocycles. The molecule has 12 heteroatoms. The average molecular weight is 658 g/mol. The van der Waals surface area contributed by atoms with Crippen molar-refractivity contribution in [2.45, 2.75) is 45.3 Å². The molecule has 2 aliphatic rings. The smallest absolute Gasteiger partial charge is 0.366 e. The number of halogens is 3. The number of amides is 2. The first-order valence-corrected chi connectivity index (χ1v) is 16.2. The summed E-state index contributed by atoms with van der Waals surface area (Å²) in [7, 11) is 0. The monoisotopic (exact) mass is 657 g/mol. The quantitative estimate of drug-likeness (QED) is 0.166. The lowest BCUT2D eigenvalue weighted by Crippen LogP contribution is -2.32. The predicted molar refractivity (Wildman–Crippen MR) is 180 cm³/mol. The van der Waals surface area contributed by atoms with Crippen LogP contribution in [0.3, 0.4) is 0 Å². The van der Waals surface area contributed by atoms with Gasteiger partial charge in [-0.25, -0.2) is 9.97 Å². The summed E-state index contributed by atoms with van der Waals surface area (Å²) >= 11 is 0. The van der Waals surface area contributed by atoms with Gasteiger partial charge in [-0.05, 0) is 106 Å². The van der Waals surface area contributed by atoms with Gasteiger partial charge in [0.1, 0.15) is 0 Å². The Hall–Kier alpha value is -4.97. The molecule has 0 spiro atoms. The molecule has 3 heterocycles. The lowest BCUT2D eigenvalue weighted by atomic mass is 10.0. The Bertz CT molecular complexity index is 1770. The lowest BCUT2D eigenvalue weighted by Gasteiger charge is -2.31. The fraction of sp³-hybridized carbons (Fsp3) is 0.333. The van der Waals surface area contributed by atoms with Crippen molar-refractivity contribution in [3.63, 3.8) is 0 Å². The molecule has 2 amide bonds. The minimum Gasteiger partial charge on any atom is -0.366 e. The molecule has 1 fully saturated rings. The number of anilines is 4. The van der Waals surface area contributed by atoms with Crippen molar-refractivity contribution in [1.82, 2.24) is 20.2 Å². The van der Waals surface area contributed by atoms with E-state index in [0.717, 1.165) is 66.4 Å². The summed E-state index contributed by atoms with van der Waals surface area (Å²) < 4.78 is 39.4. The molecule has 3 aromatic carbocycles. The second-order valence-corrected chi connectivity index (χ2v) is 12.2. The summed E-state index contributed by atoms with van der Waals surface area (Å²) in [5.41, 5.74) is 4.72. The zero-order valence-electron chi connectivity index (χ0n) is 26.7. The second-order valence-electron chi connectivity index (χ2n) is 12.2. The van der Waals surface area contributed by atoms with Crippen LogP contribution in [0.5, 0.6) is 0 Å². The van der Waals surface area contributed by atoms with Gasteiger partial charge < -0.3 is 25.8 Å². The third-order valence-corrected chi connectivity index (χ3v) is 8.73. The van der Waals surface area contributed by atoms with Crippen LogP contribution >= 0.6 is 0 Å². The van der Waals surface area contributed by atoms with Gasteiger partial charge in [0.05, 0.1) is 11.3 Å². The maximum absolute atomic E-state index is 13.1. The van der Waals surface area contributed by atoms with E-state index in [9.17, 15) is 22.8 Å². The molecule has 0 saturated carbocycles. The first-order chi connectivity index (χ1) is 23.1. The molecule has 0 bridgehead atoms. The third-order valence-electron chi connectivity index (χ3n) is 8.73. The summed E-state index contributed by atoms with van der Waals surface area (Å²) in [5.74, 6) is -0.234. The maximum Gasteiger partial charge on any atom is 0.416 e. The van der Waals surface area contributed by atoms with Crippen LogP contribution < -0.4 is 20.9 Å². The summed E-state index contributed by atoms with van der Waals surface area (Å²) in [5, 5.41) is 8.97. The Labute approximate surface area is 277 Å².